The van der Waals surface area contributed by atoms with E-state index >= 15 is 0 Å². The summed E-state index contributed by atoms with van der Waals surface area (Å²) >= 11 is 0. The molecule has 1 rings (SSSR count). The Hall–Kier alpha value is -1.61. The molecule has 0 aliphatic rings. The van der Waals surface area contributed by atoms with E-state index in [1.807, 2.05) is 30.3 Å². The summed E-state index contributed by atoms with van der Waals surface area (Å²) in [6, 6.07) is 9.32. The number of hydrogen-bond acceptors (Lipinski definition) is 3. The van der Waals surface area contributed by atoms with E-state index in [1.165, 1.54) is 14.0 Å². The molecule has 0 aromatic heterocycles. The Balaban J connectivity index is 3.00. The fourth-order valence-electron chi connectivity index (χ4n) is 1.20. The van der Waals surface area contributed by atoms with Crippen LogP contribution in [0, 0.1) is 0 Å². The van der Waals surface area contributed by atoms with Gasteiger partial charge in [-0.15, -0.1) is 0 Å². The monoisotopic (exact) mass is 206 g/mol. The third kappa shape index (κ3) is 3.22. The van der Waals surface area contributed by atoms with E-state index in [0.717, 1.165) is 5.56 Å². The van der Waals surface area contributed by atoms with Crippen molar-refractivity contribution in [2.75, 3.05) is 7.11 Å². The zero-order valence-corrected chi connectivity index (χ0v) is 8.81. The number of benzene rings is 1. The van der Waals surface area contributed by atoms with Crippen molar-refractivity contribution in [3.63, 3.8) is 0 Å². The van der Waals surface area contributed by atoms with E-state index in [0.29, 0.717) is 0 Å². The van der Waals surface area contributed by atoms with Gasteiger partial charge in [0.05, 0.1) is 18.8 Å². The minimum absolute atomic E-state index is 0.253. The quantitative estimate of drug-likeness (QED) is 0.604. The first kappa shape index (κ1) is 11.5. The Labute approximate surface area is 89.0 Å². The molecule has 1 aromatic carbocycles. The van der Waals surface area contributed by atoms with Crippen LogP contribution in [0.3, 0.4) is 0 Å². The molecule has 0 saturated heterocycles. The maximum absolute atomic E-state index is 11.3. The second-order valence-electron chi connectivity index (χ2n) is 3.18. The second kappa shape index (κ2) is 5.32. The summed E-state index contributed by atoms with van der Waals surface area (Å²) in [5.74, 6) is -0.506. The largest absolute Gasteiger partial charge is 0.466 e. The van der Waals surface area contributed by atoms with E-state index in [1.54, 1.807) is 6.08 Å². The Morgan fingerprint density at radius 2 is 2.00 bits per heavy atom. The second-order valence-corrected chi connectivity index (χ2v) is 3.18. The first-order valence-corrected chi connectivity index (χ1v) is 4.68. The Kier molecular flexibility index (Phi) is 4.06. The van der Waals surface area contributed by atoms with Gasteiger partial charge < -0.3 is 9.84 Å². The summed E-state index contributed by atoms with van der Waals surface area (Å²) < 4.78 is 4.58. The van der Waals surface area contributed by atoms with Crippen molar-refractivity contribution in [3.8, 4) is 0 Å². The number of ether oxygens (including phenoxy) is 1. The molecule has 0 amide bonds. The van der Waals surface area contributed by atoms with Crippen LogP contribution in [0.2, 0.25) is 0 Å². The first-order valence-electron chi connectivity index (χ1n) is 4.68. The van der Waals surface area contributed by atoms with Crippen LogP contribution < -0.4 is 0 Å². The Bertz CT molecular complexity index is 352. The molecule has 0 aliphatic heterocycles. The summed E-state index contributed by atoms with van der Waals surface area (Å²) in [5.41, 5.74) is 1.11. The predicted molar refractivity (Wildman–Crippen MR) is 58.1 cm³/mol. The average Bonchev–Trinajstić information content (AvgIpc) is 2.26. The molecular formula is C12H14O3. The smallest absolute Gasteiger partial charge is 0.336 e. The molecule has 15 heavy (non-hydrogen) atoms. The van der Waals surface area contributed by atoms with Crippen molar-refractivity contribution in [2.45, 2.75) is 13.0 Å². The van der Waals surface area contributed by atoms with Gasteiger partial charge in [-0.05, 0) is 18.6 Å². The molecule has 0 radical (unpaired) electrons. The van der Waals surface area contributed by atoms with Crippen molar-refractivity contribution in [2.24, 2.45) is 0 Å². The lowest BCUT2D eigenvalue weighted by Crippen LogP contribution is -2.15. The van der Waals surface area contributed by atoms with Gasteiger partial charge in [-0.2, -0.15) is 0 Å². The van der Waals surface area contributed by atoms with Crippen LogP contribution in [-0.4, -0.2) is 24.3 Å². The molecule has 3 nitrogen and oxygen atoms in total. The van der Waals surface area contributed by atoms with Gasteiger partial charge in [0.25, 0.3) is 0 Å². The molecule has 0 bridgehead atoms. The fourth-order valence-corrected chi connectivity index (χ4v) is 1.20. The van der Waals surface area contributed by atoms with Gasteiger partial charge >= 0.3 is 5.97 Å². The summed E-state index contributed by atoms with van der Waals surface area (Å²) in [6.45, 7) is 1.53. The van der Waals surface area contributed by atoms with Gasteiger partial charge in [-0.25, -0.2) is 4.79 Å². The minimum Gasteiger partial charge on any atom is -0.466 e. The van der Waals surface area contributed by atoms with Crippen LogP contribution in [0.4, 0.5) is 0 Å². The van der Waals surface area contributed by atoms with Crippen molar-refractivity contribution in [1.82, 2.24) is 0 Å². The number of hydrogen-bond donors (Lipinski definition) is 1. The molecule has 1 atom stereocenters. The maximum atomic E-state index is 11.3. The number of esters is 1. The molecule has 1 aromatic rings. The third-order valence-electron chi connectivity index (χ3n) is 1.99. The standard InChI is InChI=1S/C12H14O3/c1-9(13)11(12(14)15-2)8-10-6-4-3-5-7-10/h3-9,13H,1-2H3/b11-8+. The number of rotatable bonds is 3. The highest BCUT2D eigenvalue weighted by molar-refractivity contribution is 5.94. The van der Waals surface area contributed by atoms with E-state index in [4.69, 9.17) is 0 Å². The summed E-state index contributed by atoms with van der Waals surface area (Å²) in [6.07, 6.45) is 0.786. The van der Waals surface area contributed by atoms with Gasteiger partial charge in [0.1, 0.15) is 0 Å². The maximum Gasteiger partial charge on any atom is 0.336 e. The predicted octanol–water partition coefficient (Wildman–Crippen LogP) is 1.62. The summed E-state index contributed by atoms with van der Waals surface area (Å²) in [5, 5.41) is 9.41. The molecule has 0 aliphatic carbocycles. The number of aliphatic hydroxyl groups is 1. The van der Waals surface area contributed by atoms with Crippen molar-refractivity contribution >= 4 is 12.0 Å². The average molecular weight is 206 g/mol. The Morgan fingerprint density at radius 3 is 2.47 bits per heavy atom. The van der Waals surface area contributed by atoms with Gasteiger partial charge in [-0.3, -0.25) is 0 Å². The first-order chi connectivity index (χ1) is 7.15. The molecule has 0 fully saturated rings. The van der Waals surface area contributed by atoms with Gasteiger partial charge in [0.2, 0.25) is 0 Å². The zero-order chi connectivity index (χ0) is 11.3. The normalized spacial score (nSPS) is 13.4. The number of methoxy groups -OCH3 is 1. The van der Waals surface area contributed by atoms with Crippen molar-refractivity contribution in [1.29, 1.82) is 0 Å². The summed E-state index contributed by atoms with van der Waals surface area (Å²) in [7, 11) is 1.30. The molecule has 1 unspecified atom stereocenters. The number of carbonyl (C=O) groups is 1. The number of carbonyl (C=O) groups excluding carboxylic acids is 1. The van der Waals surface area contributed by atoms with E-state index in [2.05, 4.69) is 4.74 Å². The van der Waals surface area contributed by atoms with E-state index in [9.17, 15) is 9.90 Å². The van der Waals surface area contributed by atoms with Gasteiger partial charge in [0.15, 0.2) is 0 Å². The lowest BCUT2D eigenvalue weighted by atomic mass is 10.1. The van der Waals surface area contributed by atoms with Crippen LogP contribution >= 0.6 is 0 Å². The molecule has 0 saturated carbocycles. The van der Waals surface area contributed by atoms with Crippen molar-refractivity contribution < 1.29 is 14.6 Å². The van der Waals surface area contributed by atoms with Gasteiger partial charge in [-0.1, -0.05) is 30.3 Å². The molecular weight excluding hydrogens is 192 g/mol. The van der Waals surface area contributed by atoms with Gasteiger partial charge in [0, 0.05) is 0 Å². The Morgan fingerprint density at radius 1 is 1.40 bits per heavy atom. The topological polar surface area (TPSA) is 46.5 Å². The zero-order valence-electron chi connectivity index (χ0n) is 8.81. The van der Waals surface area contributed by atoms with Crippen LogP contribution in [0.15, 0.2) is 35.9 Å². The number of aliphatic hydroxyl groups excluding tert-OH is 1. The van der Waals surface area contributed by atoms with E-state index < -0.39 is 12.1 Å². The SMILES string of the molecule is COC(=O)/C(=C/c1ccccc1)C(C)O. The summed E-state index contributed by atoms with van der Waals surface area (Å²) in [4.78, 5) is 11.3. The molecule has 80 valence electrons. The highest BCUT2D eigenvalue weighted by Gasteiger charge is 2.14. The highest BCUT2D eigenvalue weighted by atomic mass is 16.5. The molecule has 0 spiro atoms. The fraction of sp³-hybridized carbons (Fsp3) is 0.250. The lowest BCUT2D eigenvalue weighted by Gasteiger charge is -2.07. The van der Waals surface area contributed by atoms with Crippen molar-refractivity contribution in [3.05, 3.63) is 41.5 Å². The van der Waals surface area contributed by atoms with Crippen LogP contribution in [0.1, 0.15) is 12.5 Å². The molecule has 3 heteroatoms. The minimum atomic E-state index is -0.836. The van der Waals surface area contributed by atoms with E-state index in [-0.39, 0.29) is 5.57 Å². The van der Waals surface area contributed by atoms with Crippen LogP contribution in [-0.2, 0) is 9.53 Å². The molecule has 1 N–H and O–H groups in total. The third-order valence-corrected chi connectivity index (χ3v) is 1.99. The highest BCUT2D eigenvalue weighted by Crippen LogP contribution is 2.11. The molecule has 0 heterocycles. The van der Waals surface area contributed by atoms with Crippen LogP contribution in [0.25, 0.3) is 6.08 Å². The lowest BCUT2D eigenvalue weighted by molar-refractivity contribution is -0.137. The van der Waals surface area contributed by atoms with Crippen LogP contribution in [0.5, 0.6) is 0 Å².